The van der Waals surface area contributed by atoms with Gasteiger partial charge in [0.25, 0.3) is 5.89 Å². The Kier molecular flexibility index (Phi) is 3.61. The fraction of sp³-hybridized carbons (Fsp3) is 0.0556. The van der Waals surface area contributed by atoms with Gasteiger partial charge in [0.05, 0.1) is 5.56 Å². The van der Waals surface area contributed by atoms with Crippen LogP contribution in [0.5, 0.6) is 0 Å². The first-order valence-corrected chi connectivity index (χ1v) is 7.46. The molecule has 130 valence electrons. The molecule has 0 fully saturated rings. The van der Waals surface area contributed by atoms with Gasteiger partial charge in [-0.15, -0.1) is 0 Å². The lowest BCUT2D eigenvalue weighted by Crippen LogP contribution is -2.04. The first kappa shape index (κ1) is 16.1. The quantitative estimate of drug-likeness (QED) is 0.493. The summed E-state index contributed by atoms with van der Waals surface area (Å²) in [5.41, 5.74) is -0.595. The zero-order valence-corrected chi connectivity index (χ0v) is 12.9. The number of hydrogen-bond donors (Lipinski definition) is 0. The Bertz CT molecular complexity index is 1140. The van der Waals surface area contributed by atoms with Gasteiger partial charge >= 0.3 is 11.8 Å². The lowest BCUT2D eigenvalue weighted by Gasteiger charge is -2.05. The summed E-state index contributed by atoms with van der Waals surface area (Å²) in [4.78, 5) is 16.2. The van der Waals surface area contributed by atoms with Crippen LogP contribution in [0.4, 0.5) is 13.2 Å². The van der Waals surface area contributed by atoms with E-state index in [0.29, 0.717) is 16.5 Å². The van der Waals surface area contributed by atoms with Gasteiger partial charge in [0.15, 0.2) is 0 Å². The molecular formula is C18H9F3N2O3. The minimum absolute atomic E-state index is 0.0700. The second kappa shape index (κ2) is 5.83. The summed E-state index contributed by atoms with van der Waals surface area (Å²) in [5, 5.41) is 4.41. The lowest BCUT2D eigenvalue weighted by atomic mass is 10.1. The van der Waals surface area contributed by atoms with Crippen LogP contribution in [0.1, 0.15) is 5.56 Å². The number of para-hydroxylation sites is 1. The topological polar surface area (TPSA) is 69.1 Å². The Morgan fingerprint density at radius 3 is 2.42 bits per heavy atom. The number of benzene rings is 2. The molecule has 0 unspecified atom stereocenters. The van der Waals surface area contributed by atoms with Crippen LogP contribution in [0.2, 0.25) is 0 Å². The fourth-order valence-electron chi connectivity index (χ4n) is 2.47. The number of aromatic nitrogens is 2. The summed E-state index contributed by atoms with van der Waals surface area (Å²) in [7, 11) is 0. The van der Waals surface area contributed by atoms with Crippen molar-refractivity contribution in [1.29, 1.82) is 0 Å². The molecule has 0 aliphatic heterocycles. The molecule has 2 aromatic carbocycles. The van der Waals surface area contributed by atoms with E-state index in [1.54, 1.807) is 30.3 Å². The molecule has 0 radical (unpaired) electrons. The maximum Gasteiger partial charge on any atom is 0.416 e. The van der Waals surface area contributed by atoms with Gasteiger partial charge < -0.3 is 8.94 Å². The average molecular weight is 358 g/mol. The van der Waals surface area contributed by atoms with E-state index < -0.39 is 17.4 Å². The third kappa shape index (κ3) is 2.85. The SMILES string of the molecule is O=c1oc2ccccc2cc1-c1nc(-c2ccc(C(F)(F)F)cc2)no1. The summed E-state index contributed by atoms with van der Waals surface area (Å²) in [6.45, 7) is 0. The van der Waals surface area contributed by atoms with E-state index in [-0.39, 0.29) is 17.3 Å². The Hall–Kier alpha value is -3.42. The Morgan fingerprint density at radius 1 is 0.962 bits per heavy atom. The Morgan fingerprint density at radius 2 is 1.69 bits per heavy atom. The van der Waals surface area contributed by atoms with Crippen LogP contribution >= 0.6 is 0 Å². The van der Waals surface area contributed by atoms with Crippen molar-refractivity contribution < 1.29 is 22.1 Å². The molecule has 0 atom stereocenters. The van der Waals surface area contributed by atoms with E-state index in [1.165, 1.54) is 12.1 Å². The molecule has 0 aliphatic rings. The van der Waals surface area contributed by atoms with Gasteiger partial charge in [0.1, 0.15) is 11.1 Å². The zero-order chi connectivity index (χ0) is 18.3. The highest BCUT2D eigenvalue weighted by molar-refractivity contribution is 5.80. The van der Waals surface area contributed by atoms with E-state index in [4.69, 9.17) is 8.94 Å². The standard InChI is InChI=1S/C18H9F3N2O3/c19-18(20,21)12-7-5-10(6-8-12)15-22-16(26-23-15)13-9-11-3-1-2-4-14(11)25-17(13)24/h1-9H. The second-order valence-electron chi connectivity index (χ2n) is 5.48. The third-order valence-electron chi connectivity index (χ3n) is 3.77. The monoisotopic (exact) mass is 358 g/mol. The highest BCUT2D eigenvalue weighted by Crippen LogP contribution is 2.31. The van der Waals surface area contributed by atoms with Crippen LogP contribution in [0.15, 0.2) is 68.3 Å². The molecule has 0 saturated heterocycles. The van der Waals surface area contributed by atoms with Gasteiger partial charge in [-0.2, -0.15) is 18.2 Å². The van der Waals surface area contributed by atoms with E-state index in [9.17, 15) is 18.0 Å². The molecule has 2 aromatic heterocycles. The van der Waals surface area contributed by atoms with E-state index in [1.807, 2.05) is 0 Å². The van der Waals surface area contributed by atoms with Gasteiger partial charge in [-0.3, -0.25) is 0 Å². The molecule has 0 saturated carbocycles. The Balaban J connectivity index is 1.72. The predicted octanol–water partition coefficient (Wildman–Crippen LogP) is 4.53. The number of fused-ring (bicyclic) bond motifs is 1. The summed E-state index contributed by atoms with van der Waals surface area (Å²) in [6.07, 6.45) is -4.43. The van der Waals surface area contributed by atoms with Crippen LogP contribution in [-0.4, -0.2) is 10.1 Å². The normalized spacial score (nSPS) is 11.8. The second-order valence-corrected chi connectivity index (χ2v) is 5.48. The largest absolute Gasteiger partial charge is 0.422 e. The lowest BCUT2D eigenvalue weighted by molar-refractivity contribution is -0.137. The number of alkyl halides is 3. The minimum atomic E-state index is -4.43. The van der Waals surface area contributed by atoms with Gasteiger partial charge in [-0.25, -0.2) is 4.79 Å². The molecule has 0 spiro atoms. The summed E-state index contributed by atoms with van der Waals surface area (Å²) in [6, 6.07) is 12.8. The summed E-state index contributed by atoms with van der Waals surface area (Å²) in [5.74, 6) is 0.000633. The molecule has 0 amide bonds. The van der Waals surface area contributed by atoms with Gasteiger partial charge in [0, 0.05) is 10.9 Å². The molecule has 4 aromatic rings. The first-order chi connectivity index (χ1) is 12.4. The van der Waals surface area contributed by atoms with E-state index in [2.05, 4.69) is 10.1 Å². The van der Waals surface area contributed by atoms with Crippen molar-refractivity contribution in [2.24, 2.45) is 0 Å². The zero-order valence-electron chi connectivity index (χ0n) is 12.9. The molecule has 0 N–H and O–H groups in total. The summed E-state index contributed by atoms with van der Waals surface area (Å²) < 4.78 is 48.2. The first-order valence-electron chi connectivity index (χ1n) is 7.46. The van der Waals surface area contributed by atoms with Crippen LogP contribution in [-0.2, 0) is 6.18 Å². The van der Waals surface area contributed by atoms with E-state index in [0.717, 1.165) is 12.1 Å². The molecule has 2 heterocycles. The average Bonchev–Trinajstić information content (AvgIpc) is 3.10. The Labute approximate surface area is 143 Å². The van der Waals surface area contributed by atoms with Crippen molar-refractivity contribution >= 4 is 11.0 Å². The molecule has 26 heavy (non-hydrogen) atoms. The van der Waals surface area contributed by atoms with Crippen LogP contribution in [0.3, 0.4) is 0 Å². The number of rotatable bonds is 2. The molecule has 0 bridgehead atoms. The van der Waals surface area contributed by atoms with Gasteiger partial charge in [-0.1, -0.05) is 35.5 Å². The minimum Gasteiger partial charge on any atom is -0.422 e. The van der Waals surface area contributed by atoms with Crippen molar-refractivity contribution in [2.75, 3.05) is 0 Å². The predicted molar refractivity (Wildman–Crippen MR) is 86.2 cm³/mol. The molecule has 8 heteroatoms. The van der Waals surface area contributed by atoms with Gasteiger partial charge in [0.2, 0.25) is 5.82 Å². The number of hydrogen-bond acceptors (Lipinski definition) is 5. The van der Waals surface area contributed by atoms with Crippen molar-refractivity contribution in [2.45, 2.75) is 6.18 Å². The summed E-state index contributed by atoms with van der Waals surface area (Å²) >= 11 is 0. The van der Waals surface area contributed by atoms with Gasteiger partial charge in [-0.05, 0) is 24.3 Å². The fourth-order valence-corrected chi connectivity index (χ4v) is 2.47. The molecular weight excluding hydrogens is 349 g/mol. The van der Waals surface area contributed by atoms with Crippen molar-refractivity contribution in [3.8, 4) is 22.8 Å². The van der Waals surface area contributed by atoms with Crippen LogP contribution in [0.25, 0.3) is 33.8 Å². The molecule has 4 rings (SSSR count). The van der Waals surface area contributed by atoms with E-state index >= 15 is 0 Å². The number of nitrogens with zero attached hydrogens (tertiary/aromatic N) is 2. The molecule has 5 nitrogen and oxygen atoms in total. The third-order valence-corrected chi connectivity index (χ3v) is 3.77. The van der Waals surface area contributed by atoms with Crippen molar-refractivity contribution in [3.63, 3.8) is 0 Å². The number of halogens is 3. The van der Waals surface area contributed by atoms with Crippen molar-refractivity contribution in [3.05, 3.63) is 70.6 Å². The maximum absolute atomic E-state index is 12.6. The molecule has 0 aliphatic carbocycles. The maximum atomic E-state index is 12.6. The smallest absolute Gasteiger partial charge is 0.416 e. The highest BCUT2D eigenvalue weighted by atomic mass is 19.4. The highest BCUT2D eigenvalue weighted by Gasteiger charge is 2.30. The van der Waals surface area contributed by atoms with Crippen molar-refractivity contribution in [1.82, 2.24) is 10.1 Å². The van der Waals surface area contributed by atoms with Crippen LogP contribution < -0.4 is 5.63 Å². The van der Waals surface area contributed by atoms with Crippen LogP contribution in [0, 0.1) is 0 Å².